The van der Waals surface area contributed by atoms with E-state index in [2.05, 4.69) is 10.3 Å². The van der Waals surface area contributed by atoms with Gasteiger partial charge in [-0.25, -0.2) is 0 Å². The number of fused-ring (bicyclic) bond motifs is 1. The maximum Gasteiger partial charge on any atom is 0.254 e. The first-order chi connectivity index (χ1) is 9.58. The summed E-state index contributed by atoms with van der Waals surface area (Å²) in [5.41, 5.74) is 1.37. The molecule has 1 aromatic carbocycles. The fraction of sp³-hybridized carbons (Fsp3) is 0.429. The van der Waals surface area contributed by atoms with Crippen molar-refractivity contribution in [3.8, 4) is 0 Å². The van der Waals surface area contributed by atoms with Crippen LogP contribution in [0.4, 0.5) is 0 Å². The van der Waals surface area contributed by atoms with Gasteiger partial charge in [0.25, 0.3) is 5.91 Å². The minimum Gasteiger partial charge on any atom is -0.339 e. The fourth-order valence-electron chi connectivity index (χ4n) is 2.60. The van der Waals surface area contributed by atoms with E-state index in [4.69, 9.17) is 0 Å². The van der Waals surface area contributed by atoms with Crippen molar-refractivity contribution in [3.63, 3.8) is 0 Å². The average molecular weight is 272 g/mol. The summed E-state index contributed by atoms with van der Waals surface area (Å²) in [6.07, 6.45) is 0.255. The number of nitrogens with zero attached hydrogens (tertiary/aromatic N) is 4. The predicted octanol–water partition coefficient (Wildman–Crippen LogP) is 1.33. The summed E-state index contributed by atoms with van der Waals surface area (Å²) >= 11 is 0. The Balaban J connectivity index is 1.89. The van der Waals surface area contributed by atoms with Gasteiger partial charge >= 0.3 is 0 Å². The second kappa shape index (κ2) is 4.70. The third-order valence-corrected chi connectivity index (χ3v) is 3.69. The number of para-hydroxylation sites is 1. The van der Waals surface area contributed by atoms with Gasteiger partial charge in [0.1, 0.15) is 5.52 Å². The lowest BCUT2D eigenvalue weighted by Gasteiger charge is -2.20. The van der Waals surface area contributed by atoms with Crippen LogP contribution in [0.1, 0.15) is 25.1 Å². The zero-order valence-electron chi connectivity index (χ0n) is 11.5. The van der Waals surface area contributed by atoms with Gasteiger partial charge in [0.2, 0.25) is 5.91 Å². The highest BCUT2D eigenvalue weighted by molar-refractivity contribution is 5.94. The molecule has 6 heteroatoms. The summed E-state index contributed by atoms with van der Waals surface area (Å²) in [6.45, 7) is 4.37. The largest absolute Gasteiger partial charge is 0.339 e. The van der Waals surface area contributed by atoms with Gasteiger partial charge in [0.15, 0.2) is 0 Å². The number of carbonyl (C=O) groups is 2. The molecule has 0 aliphatic carbocycles. The fourth-order valence-corrected chi connectivity index (χ4v) is 2.60. The van der Waals surface area contributed by atoms with Crippen molar-refractivity contribution >= 4 is 22.8 Å². The van der Waals surface area contributed by atoms with E-state index >= 15 is 0 Å². The minimum absolute atomic E-state index is 0.0303. The lowest BCUT2D eigenvalue weighted by Crippen LogP contribution is -2.33. The van der Waals surface area contributed by atoms with Gasteiger partial charge in [0.05, 0.1) is 11.4 Å². The maximum absolute atomic E-state index is 12.5. The number of hydrogen-bond acceptors (Lipinski definition) is 4. The van der Waals surface area contributed by atoms with Crippen molar-refractivity contribution in [1.29, 1.82) is 0 Å². The van der Waals surface area contributed by atoms with Crippen molar-refractivity contribution in [2.45, 2.75) is 26.3 Å². The Morgan fingerprint density at radius 1 is 1.35 bits per heavy atom. The van der Waals surface area contributed by atoms with Gasteiger partial charge in [-0.1, -0.05) is 17.3 Å². The van der Waals surface area contributed by atoms with Crippen molar-refractivity contribution < 1.29 is 9.59 Å². The molecule has 1 amide bonds. The average Bonchev–Trinajstić information content (AvgIpc) is 3.01. The van der Waals surface area contributed by atoms with E-state index in [0.717, 1.165) is 0 Å². The zero-order valence-corrected chi connectivity index (χ0v) is 11.5. The van der Waals surface area contributed by atoms with E-state index in [-0.39, 0.29) is 30.2 Å². The smallest absolute Gasteiger partial charge is 0.254 e. The monoisotopic (exact) mass is 272 g/mol. The van der Waals surface area contributed by atoms with Crippen LogP contribution in [0.2, 0.25) is 0 Å². The number of amides is 1. The van der Waals surface area contributed by atoms with Crippen LogP contribution in [0.5, 0.6) is 0 Å². The first-order valence-corrected chi connectivity index (χ1v) is 6.72. The Morgan fingerprint density at radius 3 is 2.80 bits per heavy atom. The molecule has 1 aliphatic heterocycles. The second-order valence-electron chi connectivity index (χ2n) is 5.37. The van der Waals surface area contributed by atoms with Gasteiger partial charge in [-0.05, 0) is 26.0 Å². The molecule has 0 radical (unpaired) electrons. The highest BCUT2D eigenvalue weighted by atomic mass is 16.2. The predicted molar refractivity (Wildman–Crippen MR) is 73.1 cm³/mol. The number of rotatable bonds is 2. The van der Waals surface area contributed by atoms with Crippen LogP contribution < -0.4 is 0 Å². The first kappa shape index (κ1) is 12.8. The van der Waals surface area contributed by atoms with Crippen molar-refractivity contribution in [2.75, 3.05) is 6.54 Å². The van der Waals surface area contributed by atoms with Crippen LogP contribution in [0.25, 0.3) is 11.0 Å². The lowest BCUT2D eigenvalue weighted by atomic mass is 10.1. The quantitative estimate of drug-likeness (QED) is 0.827. The van der Waals surface area contributed by atoms with Crippen LogP contribution in [-0.4, -0.2) is 44.3 Å². The molecule has 2 heterocycles. The SMILES string of the molecule is CC(C)N1C[C@@H](C(=O)n2nnc3ccccc32)CC1=O. The van der Waals surface area contributed by atoms with Crippen molar-refractivity contribution in [3.05, 3.63) is 24.3 Å². The molecule has 20 heavy (non-hydrogen) atoms. The molecule has 0 spiro atoms. The summed E-state index contributed by atoms with van der Waals surface area (Å²) in [4.78, 5) is 26.1. The molecule has 104 valence electrons. The van der Waals surface area contributed by atoms with E-state index in [1.165, 1.54) is 4.68 Å². The van der Waals surface area contributed by atoms with Crippen molar-refractivity contribution in [1.82, 2.24) is 19.9 Å². The van der Waals surface area contributed by atoms with Crippen molar-refractivity contribution in [2.24, 2.45) is 5.92 Å². The van der Waals surface area contributed by atoms with E-state index < -0.39 is 0 Å². The zero-order chi connectivity index (χ0) is 14.3. The Hall–Kier alpha value is -2.24. The van der Waals surface area contributed by atoms with Crippen LogP contribution in [0, 0.1) is 5.92 Å². The summed E-state index contributed by atoms with van der Waals surface area (Å²) in [5, 5.41) is 7.90. The van der Waals surface area contributed by atoms with Crippen LogP contribution in [0.15, 0.2) is 24.3 Å². The summed E-state index contributed by atoms with van der Waals surface area (Å²) in [6, 6.07) is 7.44. The van der Waals surface area contributed by atoms with Gasteiger partial charge < -0.3 is 4.90 Å². The molecule has 2 aromatic rings. The molecule has 6 nitrogen and oxygen atoms in total. The van der Waals surface area contributed by atoms with Crippen LogP contribution in [-0.2, 0) is 4.79 Å². The van der Waals surface area contributed by atoms with E-state index in [0.29, 0.717) is 17.6 Å². The van der Waals surface area contributed by atoms with Gasteiger partial charge in [-0.3, -0.25) is 9.59 Å². The second-order valence-corrected chi connectivity index (χ2v) is 5.37. The molecular formula is C14H16N4O2. The number of benzene rings is 1. The minimum atomic E-state index is -0.338. The molecule has 0 N–H and O–H groups in total. The number of aromatic nitrogens is 3. The summed E-state index contributed by atoms with van der Waals surface area (Å²) in [7, 11) is 0. The van der Waals surface area contributed by atoms with E-state index in [9.17, 15) is 9.59 Å². The molecule has 1 atom stereocenters. The molecule has 1 saturated heterocycles. The highest BCUT2D eigenvalue weighted by Crippen LogP contribution is 2.22. The Kier molecular flexibility index (Phi) is 3.00. The Morgan fingerprint density at radius 2 is 2.10 bits per heavy atom. The third kappa shape index (κ3) is 1.97. The summed E-state index contributed by atoms with van der Waals surface area (Å²) in [5.74, 6) is -0.465. The lowest BCUT2D eigenvalue weighted by molar-refractivity contribution is -0.129. The van der Waals surface area contributed by atoms with E-state index in [1.807, 2.05) is 38.1 Å². The first-order valence-electron chi connectivity index (χ1n) is 6.72. The molecule has 1 aromatic heterocycles. The Labute approximate surface area is 116 Å². The molecular weight excluding hydrogens is 256 g/mol. The molecule has 1 aliphatic rings. The summed E-state index contributed by atoms with van der Waals surface area (Å²) < 4.78 is 1.32. The standard InChI is InChI=1S/C14H16N4O2/c1-9(2)17-8-10(7-13(17)19)14(20)18-12-6-4-3-5-11(12)15-16-18/h3-6,9-10H,7-8H2,1-2H3/t10-/m0/s1. The topological polar surface area (TPSA) is 68.1 Å². The number of hydrogen-bond donors (Lipinski definition) is 0. The molecule has 0 bridgehead atoms. The molecule has 0 unspecified atom stereocenters. The molecule has 1 fully saturated rings. The Bertz CT molecular complexity index is 677. The number of carbonyl (C=O) groups excluding carboxylic acids is 2. The van der Waals surface area contributed by atoms with E-state index in [1.54, 1.807) is 4.90 Å². The molecule has 3 rings (SSSR count). The van der Waals surface area contributed by atoms with Gasteiger partial charge in [-0.2, -0.15) is 4.68 Å². The van der Waals surface area contributed by atoms with Gasteiger partial charge in [0, 0.05) is 19.0 Å². The third-order valence-electron chi connectivity index (χ3n) is 3.69. The van der Waals surface area contributed by atoms with Crippen LogP contribution in [0.3, 0.4) is 0 Å². The highest BCUT2D eigenvalue weighted by Gasteiger charge is 2.36. The van der Waals surface area contributed by atoms with Gasteiger partial charge in [-0.15, -0.1) is 5.10 Å². The normalized spacial score (nSPS) is 19.2. The maximum atomic E-state index is 12.5. The van der Waals surface area contributed by atoms with Crippen LogP contribution >= 0.6 is 0 Å². The molecule has 0 saturated carbocycles. The number of likely N-dealkylation sites (tertiary alicyclic amines) is 1.